The van der Waals surface area contributed by atoms with Gasteiger partial charge in [-0.2, -0.15) is 0 Å². The van der Waals surface area contributed by atoms with Crippen molar-refractivity contribution in [3.63, 3.8) is 0 Å². The Morgan fingerprint density at radius 3 is 0.575 bits per heavy atom. The summed E-state index contributed by atoms with van der Waals surface area (Å²) in [5.41, 5.74) is 0. The van der Waals surface area contributed by atoms with Crippen LogP contribution in [0.15, 0.2) is 24.3 Å². The van der Waals surface area contributed by atoms with Gasteiger partial charge < -0.3 is 158 Å². The number of carboxylic acids is 1. The predicted octanol–water partition coefficient (Wildman–Crippen LogP) is -10.8. The summed E-state index contributed by atoms with van der Waals surface area (Å²) in [5, 5.41) is 249. The minimum Gasteiger partial charge on any atom is -0.481 e. The number of hydrogen-bond donors (Lipinski definition) is 31. The molecule has 0 heterocycles. The topological polar surface area (TPSA) is 644 Å². The monoisotopic (exact) mass is 1200 g/mol. The molecule has 0 aliphatic carbocycles. The van der Waals surface area contributed by atoms with Crippen LogP contribution in [0.4, 0.5) is 0 Å². The third-order valence-corrected chi connectivity index (χ3v) is 7.56. The van der Waals surface area contributed by atoms with Crippen LogP contribution >= 0.6 is 0 Å². The Balaban J connectivity index is -0.0000000761. The third-order valence-electron chi connectivity index (χ3n) is 7.56. The SMILES string of the molecule is CCCCC/C=C\C/C=C\CCCCCCCC(=O)O.OCC(O)CO.OCC(O)CO.OCC(O)CO.OCC(O)CO.OCC(O)CO.OCC(O)CO.OCC(O)CO.OCC(O)CO.OCC(O)CO.OCC(O)CO. The zero-order valence-electron chi connectivity index (χ0n) is 46.5. The average molecular weight is 1200 g/mol. The molecule has 0 aliphatic rings. The van der Waals surface area contributed by atoms with Crippen LogP contribution in [-0.4, -0.2) is 357 Å². The van der Waals surface area contributed by atoms with E-state index in [0.717, 1.165) is 25.7 Å². The van der Waals surface area contributed by atoms with E-state index in [9.17, 15) is 4.79 Å². The summed E-state index contributed by atoms with van der Waals surface area (Å²) >= 11 is 0. The zero-order chi connectivity index (χ0) is 64.8. The predicted molar refractivity (Wildman–Crippen MR) is 289 cm³/mol. The largest absolute Gasteiger partial charge is 0.481 e. The van der Waals surface area contributed by atoms with Crippen molar-refractivity contribution < 1.29 is 163 Å². The molecule has 0 aromatic carbocycles. The normalized spacial score (nSPS) is 10.4. The fourth-order valence-corrected chi connectivity index (χ4v) is 2.67. The number of carboxylic acid groups (broad SMARTS) is 1. The van der Waals surface area contributed by atoms with Crippen molar-refractivity contribution in [2.45, 2.75) is 145 Å². The number of hydrogen-bond acceptors (Lipinski definition) is 31. The molecule has 0 radical (unpaired) electrons. The van der Waals surface area contributed by atoms with Crippen LogP contribution < -0.4 is 0 Å². The number of rotatable bonds is 34. The molecule has 0 aliphatic heterocycles. The molecule has 0 spiro atoms. The molecule has 32 heteroatoms. The van der Waals surface area contributed by atoms with Crippen LogP contribution in [0, 0.1) is 0 Å². The molecule has 0 amide bonds. The van der Waals surface area contributed by atoms with Crippen molar-refractivity contribution in [2.24, 2.45) is 0 Å². The summed E-state index contributed by atoms with van der Waals surface area (Å²) in [5.74, 6) is -0.671. The van der Waals surface area contributed by atoms with Crippen LogP contribution in [0.3, 0.4) is 0 Å². The van der Waals surface area contributed by atoms with Gasteiger partial charge in [0.15, 0.2) is 0 Å². The van der Waals surface area contributed by atoms with Crippen LogP contribution in [-0.2, 0) is 4.79 Å². The molecular formula is C48H112O32. The van der Waals surface area contributed by atoms with Gasteiger partial charge >= 0.3 is 5.97 Å². The first-order chi connectivity index (χ1) is 37.9. The van der Waals surface area contributed by atoms with Crippen LogP contribution in [0.25, 0.3) is 0 Å². The molecule has 0 fully saturated rings. The number of aliphatic hydroxyl groups is 30. The second-order valence-corrected chi connectivity index (χ2v) is 15.6. The van der Waals surface area contributed by atoms with Gasteiger partial charge in [-0.05, 0) is 38.5 Å². The molecule has 0 aromatic rings. The molecule has 32 nitrogen and oxygen atoms in total. The molecule has 0 atom stereocenters. The Hall–Kier alpha value is -2.25. The van der Waals surface area contributed by atoms with Crippen molar-refractivity contribution in [3.8, 4) is 0 Å². The first-order valence-electron chi connectivity index (χ1n) is 25.4. The van der Waals surface area contributed by atoms with Crippen LogP contribution in [0.2, 0.25) is 0 Å². The zero-order valence-corrected chi connectivity index (χ0v) is 46.5. The lowest BCUT2D eigenvalue weighted by Gasteiger charge is -1.98. The highest BCUT2D eigenvalue weighted by Crippen LogP contribution is 2.08. The fraction of sp³-hybridized carbons (Fsp3) is 0.896. The lowest BCUT2D eigenvalue weighted by Crippen LogP contribution is -2.15. The van der Waals surface area contributed by atoms with Crippen molar-refractivity contribution in [1.29, 1.82) is 0 Å². The van der Waals surface area contributed by atoms with Crippen LogP contribution in [0.5, 0.6) is 0 Å². The molecule has 0 unspecified atom stereocenters. The molecule has 0 saturated heterocycles. The van der Waals surface area contributed by atoms with E-state index < -0.39 is 67.0 Å². The number of carbonyl (C=O) groups is 1. The van der Waals surface area contributed by atoms with E-state index in [2.05, 4.69) is 31.2 Å². The molecule has 0 bridgehead atoms. The van der Waals surface area contributed by atoms with Crippen LogP contribution in [0.1, 0.15) is 84.0 Å². The lowest BCUT2D eigenvalue weighted by molar-refractivity contribution is -0.137. The Bertz CT molecular complexity index is 840. The maximum atomic E-state index is 10.3. The fourth-order valence-electron chi connectivity index (χ4n) is 2.67. The van der Waals surface area contributed by atoms with E-state index in [1.807, 2.05) is 0 Å². The van der Waals surface area contributed by atoms with E-state index in [1.54, 1.807) is 0 Å². The number of unbranched alkanes of at least 4 members (excludes halogenated alkanes) is 8. The smallest absolute Gasteiger partial charge is 0.303 e. The number of allylic oxidation sites excluding steroid dienone is 4. The quantitative estimate of drug-likeness (QED) is 0.0210. The van der Waals surface area contributed by atoms with E-state index in [4.69, 9.17) is 158 Å². The van der Waals surface area contributed by atoms with E-state index >= 15 is 0 Å². The van der Waals surface area contributed by atoms with E-state index in [0.29, 0.717) is 6.42 Å². The molecule has 496 valence electrons. The highest BCUT2D eigenvalue weighted by atomic mass is 16.4. The summed E-state index contributed by atoms with van der Waals surface area (Å²) in [6, 6.07) is 0. The van der Waals surface area contributed by atoms with Gasteiger partial charge in [-0.3, -0.25) is 4.79 Å². The summed E-state index contributed by atoms with van der Waals surface area (Å²) in [4.78, 5) is 10.3. The maximum absolute atomic E-state index is 10.3. The average Bonchev–Trinajstić information content (AvgIpc) is 3.50. The first-order valence-corrected chi connectivity index (χ1v) is 25.4. The first kappa shape index (κ1) is 103. The van der Waals surface area contributed by atoms with Gasteiger partial charge in [0.25, 0.3) is 0 Å². The summed E-state index contributed by atoms with van der Waals surface area (Å²) in [7, 11) is 0. The maximum Gasteiger partial charge on any atom is 0.303 e. The highest BCUT2D eigenvalue weighted by Gasteiger charge is 1.99. The summed E-state index contributed by atoms with van der Waals surface area (Å²) < 4.78 is 0. The molecule has 31 N–H and O–H groups in total. The summed E-state index contributed by atoms with van der Waals surface area (Å²) in [6.07, 6.45) is 12.7. The number of aliphatic carboxylic acids is 1. The van der Waals surface area contributed by atoms with Gasteiger partial charge in [-0.25, -0.2) is 0 Å². The minimum atomic E-state index is -0.954. The Labute approximate surface area is 469 Å². The van der Waals surface area contributed by atoms with Crippen molar-refractivity contribution in [1.82, 2.24) is 0 Å². The molecular weight excluding hydrogens is 1090 g/mol. The lowest BCUT2D eigenvalue weighted by atomic mass is 10.1. The second-order valence-electron chi connectivity index (χ2n) is 15.6. The van der Waals surface area contributed by atoms with Gasteiger partial charge in [0, 0.05) is 6.42 Å². The van der Waals surface area contributed by atoms with E-state index in [1.165, 1.54) is 44.9 Å². The van der Waals surface area contributed by atoms with Gasteiger partial charge in [-0.1, -0.05) is 63.3 Å². The number of aliphatic hydroxyl groups excluding tert-OH is 30. The Morgan fingerprint density at radius 1 is 0.263 bits per heavy atom. The van der Waals surface area contributed by atoms with Crippen molar-refractivity contribution >= 4 is 5.97 Å². The van der Waals surface area contributed by atoms with Gasteiger partial charge in [0.1, 0.15) is 61.0 Å². The van der Waals surface area contributed by atoms with E-state index in [-0.39, 0.29) is 132 Å². The minimum absolute atomic E-state index is 0.324. The Morgan fingerprint density at radius 2 is 0.425 bits per heavy atom. The summed E-state index contributed by atoms with van der Waals surface area (Å²) in [6.45, 7) is -5.06. The molecule has 0 saturated carbocycles. The third kappa shape index (κ3) is 141. The van der Waals surface area contributed by atoms with Crippen molar-refractivity contribution in [3.05, 3.63) is 24.3 Å². The highest BCUT2D eigenvalue weighted by molar-refractivity contribution is 5.66. The molecule has 0 rings (SSSR count). The molecule has 80 heavy (non-hydrogen) atoms. The Kier molecular flexibility index (Phi) is 127. The molecule has 0 aromatic heterocycles. The van der Waals surface area contributed by atoms with Gasteiger partial charge in [0.05, 0.1) is 132 Å². The van der Waals surface area contributed by atoms with Crippen molar-refractivity contribution in [2.75, 3.05) is 132 Å². The van der Waals surface area contributed by atoms with Gasteiger partial charge in [0.2, 0.25) is 0 Å². The standard InChI is InChI=1S/C18H32O2.10C3H8O3/c1-2-3-4-5-6-7-8-9-10-11-12-13-14-15-16-17-18(19)20;10*4-1-3(6)2-5/h6-7,9-10H,2-5,8,11-17H2,1H3,(H,19,20);10*3-6H,1-2H2/b7-6-,10-9-;;;;;;;;;;. The van der Waals surface area contributed by atoms with Gasteiger partial charge in [-0.15, -0.1) is 0 Å². The second kappa shape index (κ2) is 98.8.